The van der Waals surface area contributed by atoms with Gasteiger partial charge in [0.25, 0.3) is 0 Å². The third-order valence-corrected chi connectivity index (χ3v) is 4.04. The zero-order chi connectivity index (χ0) is 10.8. The number of nitrogens with zero attached hydrogens (tertiary/aromatic N) is 1. The number of piperazine rings is 1. The molecule has 0 aromatic rings. The minimum absolute atomic E-state index is 0.284. The molecule has 0 bridgehead atoms. The third kappa shape index (κ3) is 3.79. The molecule has 1 fully saturated rings. The van der Waals surface area contributed by atoms with Crippen LogP contribution in [0, 0.1) is 0 Å². The zero-order valence-corrected chi connectivity index (χ0v) is 11.0. The molecule has 1 saturated heterocycles. The Morgan fingerprint density at radius 1 is 1.43 bits per heavy atom. The largest absolute Gasteiger partial charge is 0.309 e. The topological polar surface area (TPSA) is 15.3 Å². The van der Waals surface area contributed by atoms with Gasteiger partial charge in [-0.15, -0.1) is 0 Å². The normalized spacial score (nSPS) is 23.8. The van der Waals surface area contributed by atoms with Gasteiger partial charge in [0.1, 0.15) is 0 Å². The maximum atomic E-state index is 3.54. The van der Waals surface area contributed by atoms with Crippen molar-refractivity contribution in [3.8, 4) is 0 Å². The summed E-state index contributed by atoms with van der Waals surface area (Å²) in [6.45, 7) is 13.9. The lowest BCUT2D eigenvalue weighted by Gasteiger charge is -2.42. The Kier molecular flexibility index (Phi) is 3.89. The highest BCUT2D eigenvalue weighted by atomic mass is 32.2. The average molecular weight is 216 g/mol. The molecule has 0 aromatic carbocycles. The molecule has 0 saturated carbocycles. The molecule has 1 aliphatic heterocycles. The van der Waals surface area contributed by atoms with Crippen LogP contribution in [0.3, 0.4) is 0 Å². The molecule has 14 heavy (non-hydrogen) atoms. The SMILES string of the molecule is CSC(C)(C)CN1CCNC(C)(C)C1. The third-order valence-electron chi connectivity index (χ3n) is 2.81. The molecular weight excluding hydrogens is 192 g/mol. The van der Waals surface area contributed by atoms with Crippen molar-refractivity contribution in [3.63, 3.8) is 0 Å². The second-order valence-electron chi connectivity index (χ2n) is 5.49. The van der Waals surface area contributed by atoms with Gasteiger partial charge in [0.15, 0.2) is 0 Å². The number of hydrogen-bond acceptors (Lipinski definition) is 3. The summed E-state index contributed by atoms with van der Waals surface area (Å²) in [5.41, 5.74) is 0.284. The molecule has 1 aliphatic rings. The van der Waals surface area contributed by atoms with Crippen molar-refractivity contribution in [2.45, 2.75) is 38.0 Å². The first kappa shape index (κ1) is 12.3. The Morgan fingerprint density at radius 2 is 2.07 bits per heavy atom. The van der Waals surface area contributed by atoms with Crippen molar-refractivity contribution >= 4 is 11.8 Å². The Balaban J connectivity index is 2.46. The first-order chi connectivity index (χ1) is 6.35. The molecule has 1 heterocycles. The van der Waals surface area contributed by atoms with Gasteiger partial charge in [-0.05, 0) is 34.0 Å². The predicted molar refractivity (Wildman–Crippen MR) is 66.1 cm³/mol. The summed E-state index contributed by atoms with van der Waals surface area (Å²) in [5, 5.41) is 3.54. The van der Waals surface area contributed by atoms with E-state index in [1.54, 1.807) is 0 Å². The quantitative estimate of drug-likeness (QED) is 0.774. The Morgan fingerprint density at radius 3 is 2.57 bits per heavy atom. The highest BCUT2D eigenvalue weighted by Crippen LogP contribution is 2.23. The fourth-order valence-electron chi connectivity index (χ4n) is 1.98. The monoisotopic (exact) mass is 216 g/mol. The smallest absolute Gasteiger partial charge is 0.0252 e. The van der Waals surface area contributed by atoms with Crippen LogP contribution in [0.2, 0.25) is 0 Å². The molecule has 0 radical (unpaired) electrons. The molecule has 0 atom stereocenters. The average Bonchev–Trinajstić information content (AvgIpc) is 2.01. The number of nitrogens with one attached hydrogen (secondary N) is 1. The van der Waals surface area contributed by atoms with Gasteiger partial charge in [-0.2, -0.15) is 11.8 Å². The van der Waals surface area contributed by atoms with Crippen molar-refractivity contribution < 1.29 is 0 Å². The Labute approximate surface area is 92.8 Å². The van der Waals surface area contributed by atoms with Gasteiger partial charge in [-0.25, -0.2) is 0 Å². The molecular formula is C11H24N2S. The van der Waals surface area contributed by atoms with E-state index in [9.17, 15) is 0 Å². The molecule has 0 aromatic heterocycles. The molecule has 84 valence electrons. The second kappa shape index (κ2) is 4.42. The minimum Gasteiger partial charge on any atom is -0.309 e. The first-order valence-corrected chi connectivity index (χ1v) is 6.60. The minimum atomic E-state index is 0.284. The van der Waals surface area contributed by atoms with Gasteiger partial charge in [0, 0.05) is 36.5 Å². The number of hydrogen-bond donors (Lipinski definition) is 1. The summed E-state index contributed by atoms with van der Waals surface area (Å²) in [7, 11) is 0. The Bertz CT molecular complexity index is 190. The maximum Gasteiger partial charge on any atom is 0.0252 e. The van der Waals surface area contributed by atoms with Crippen LogP contribution in [0.25, 0.3) is 0 Å². The van der Waals surface area contributed by atoms with E-state index in [0.717, 1.165) is 13.1 Å². The van der Waals surface area contributed by atoms with Crippen LogP contribution in [0.15, 0.2) is 0 Å². The summed E-state index contributed by atoms with van der Waals surface area (Å²) < 4.78 is 0.382. The van der Waals surface area contributed by atoms with Crippen LogP contribution in [0.4, 0.5) is 0 Å². The maximum absolute atomic E-state index is 3.54. The van der Waals surface area contributed by atoms with Crippen molar-refractivity contribution in [3.05, 3.63) is 0 Å². The summed E-state index contributed by atoms with van der Waals surface area (Å²) in [5.74, 6) is 0. The van der Waals surface area contributed by atoms with E-state index in [1.165, 1.54) is 13.1 Å². The van der Waals surface area contributed by atoms with Crippen molar-refractivity contribution in [1.82, 2.24) is 10.2 Å². The lowest BCUT2D eigenvalue weighted by Crippen LogP contribution is -2.58. The van der Waals surface area contributed by atoms with Crippen LogP contribution < -0.4 is 5.32 Å². The van der Waals surface area contributed by atoms with E-state index in [-0.39, 0.29) is 5.54 Å². The highest BCUT2D eigenvalue weighted by Gasteiger charge is 2.29. The predicted octanol–water partition coefficient (Wildman–Crippen LogP) is 1.81. The fraction of sp³-hybridized carbons (Fsp3) is 1.00. The molecule has 0 amide bonds. The van der Waals surface area contributed by atoms with Gasteiger partial charge in [0.05, 0.1) is 0 Å². The van der Waals surface area contributed by atoms with Gasteiger partial charge in [0.2, 0.25) is 0 Å². The number of thioether (sulfide) groups is 1. The van der Waals surface area contributed by atoms with Crippen LogP contribution in [0.1, 0.15) is 27.7 Å². The van der Waals surface area contributed by atoms with E-state index in [4.69, 9.17) is 0 Å². The van der Waals surface area contributed by atoms with E-state index in [2.05, 4.69) is 44.2 Å². The van der Waals surface area contributed by atoms with Crippen LogP contribution in [-0.4, -0.2) is 47.6 Å². The highest BCUT2D eigenvalue weighted by molar-refractivity contribution is 7.99. The van der Waals surface area contributed by atoms with E-state index >= 15 is 0 Å². The summed E-state index contributed by atoms with van der Waals surface area (Å²) in [6, 6.07) is 0. The molecule has 0 aliphatic carbocycles. The fourth-order valence-corrected chi connectivity index (χ4v) is 2.30. The van der Waals surface area contributed by atoms with Gasteiger partial charge in [-0.3, -0.25) is 4.90 Å². The van der Waals surface area contributed by atoms with E-state index in [1.807, 2.05) is 11.8 Å². The summed E-state index contributed by atoms with van der Waals surface area (Å²) in [4.78, 5) is 2.58. The van der Waals surface area contributed by atoms with Crippen molar-refractivity contribution in [2.24, 2.45) is 0 Å². The van der Waals surface area contributed by atoms with Gasteiger partial charge in [-0.1, -0.05) is 0 Å². The van der Waals surface area contributed by atoms with Gasteiger partial charge < -0.3 is 5.32 Å². The standard InChI is InChI=1S/C11H24N2S/c1-10(2)8-13(7-6-12-10)9-11(3,4)14-5/h12H,6-9H2,1-5H3. The zero-order valence-electron chi connectivity index (χ0n) is 10.2. The first-order valence-electron chi connectivity index (χ1n) is 5.37. The molecule has 3 heteroatoms. The molecule has 1 rings (SSSR count). The van der Waals surface area contributed by atoms with Crippen molar-refractivity contribution in [1.29, 1.82) is 0 Å². The number of rotatable bonds is 3. The second-order valence-corrected chi connectivity index (χ2v) is 7.00. The van der Waals surface area contributed by atoms with Crippen LogP contribution in [-0.2, 0) is 0 Å². The van der Waals surface area contributed by atoms with E-state index < -0.39 is 0 Å². The van der Waals surface area contributed by atoms with Crippen LogP contribution in [0.5, 0.6) is 0 Å². The van der Waals surface area contributed by atoms with Crippen LogP contribution >= 0.6 is 11.8 Å². The van der Waals surface area contributed by atoms with E-state index in [0.29, 0.717) is 4.75 Å². The van der Waals surface area contributed by atoms with Crippen molar-refractivity contribution in [2.75, 3.05) is 32.4 Å². The lowest BCUT2D eigenvalue weighted by atomic mass is 10.0. The van der Waals surface area contributed by atoms with Gasteiger partial charge >= 0.3 is 0 Å². The lowest BCUT2D eigenvalue weighted by molar-refractivity contribution is 0.147. The molecule has 0 spiro atoms. The molecule has 2 nitrogen and oxygen atoms in total. The molecule has 0 unspecified atom stereocenters. The molecule has 1 N–H and O–H groups in total. The summed E-state index contributed by atoms with van der Waals surface area (Å²) in [6.07, 6.45) is 2.20. The summed E-state index contributed by atoms with van der Waals surface area (Å²) >= 11 is 1.96. The Hall–Kier alpha value is 0.270.